The first-order valence-electron chi connectivity index (χ1n) is 6.91. The van der Waals surface area contributed by atoms with Crippen molar-refractivity contribution in [3.05, 3.63) is 50.6 Å². The highest BCUT2D eigenvalue weighted by molar-refractivity contribution is 9.10. The topological polar surface area (TPSA) is 24.5 Å². The van der Waals surface area contributed by atoms with Crippen LogP contribution in [0.1, 0.15) is 11.1 Å². The van der Waals surface area contributed by atoms with Crippen molar-refractivity contribution in [3.63, 3.8) is 0 Å². The molecule has 0 aliphatic rings. The Labute approximate surface area is 139 Å². The Balaban J connectivity index is 2.06. The van der Waals surface area contributed by atoms with Crippen LogP contribution in [0.15, 0.2) is 39.5 Å². The molecule has 1 aromatic heterocycles. The highest BCUT2D eigenvalue weighted by atomic mass is 79.9. The minimum Gasteiger partial charge on any atom is -0.383 e. The number of ether oxygens (including phenoxy) is 1. The van der Waals surface area contributed by atoms with Crippen LogP contribution in [-0.2, 0) is 17.8 Å². The van der Waals surface area contributed by atoms with Crippen molar-refractivity contribution in [3.8, 4) is 0 Å². The molecule has 0 atom stereocenters. The molecule has 0 aliphatic heterocycles. The van der Waals surface area contributed by atoms with Gasteiger partial charge < -0.3 is 15.0 Å². The van der Waals surface area contributed by atoms with Gasteiger partial charge >= 0.3 is 0 Å². The smallest absolute Gasteiger partial charge is 0.0587 e. The molecule has 0 fully saturated rings. The average molecular weight is 369 g/mol. The van der Waals surface area contributed by atoms with Gasteiger partial charge in [-0.25, -0.2) is 0 Å². The fourth-order valence-corrected chi connectivity index (χ4v) is 3.19. The van der Waals surface area contributed by atoms with Crippen LogP contribution in [0.2, 0.25) is 0 Å². The lowest BCUT2D eigenvalue weighted by molar-refractivity contribution is 0.199. The van der Waals surface area contributed by atoms with E-state index in [1.165, 1.54) is 16.8 Å². The highest BCUT2D eigenvalue weighted by Gasteiger charge is 2.09. The minimum atomic E-state index is 0.733. The zero-order chi connectivity index (χ0) is 15.1. The average Bonchev–Trinajstić information content (AvgIpc) is 2.97. The number of benzene rings is 1. The fourth-order valence-electron chi connectivity index (χ4n) is 2.18. The third-order valence-electron chi connectivity index (χ3n) is 3.26. The van der Waals surface area contributed by atoms with Crippen LogP contribution in [0.3, 0.4) is 0 Å². The number of rotatable bonds is 8. The molecule has 0 unspecified atom stereocenters. The third-order valence-corrected chi connectivity index (χ3v) is 4.48. The second-order valence-corrected chi connectivity index (χ2v) is 6.63. The van der Waals surface area contributed by atoms with E-state index in [4.69, 9.17) is 4.74 Å². The Bertz CT molecular complexity index is 545. The lowest BCUT2D eigenvalue weighted by Crippen LogP contribution is -2.22. The van der Waals surface area contributed by atoms with E-state index in [0.717, 1.165) is 30.7 Å². The van der Waals surface area contributed by atoms with Crippen LogP contribution in [0, 0.1) is 0 Å². The van der Waals surface area contributed by atoms with Gasteiger partial charge in [-0.2, -0.15) is 11.3 Å². The van der Waals surface area contributed by atoms with Gasteiger partial charge in [0.25, 0.3) is 0 Å². The first kappa shape index (κ1) is 16.5. The van der Waals surface area contributed by atoms with Crippen molar-refractivity contribution < 1.29 is 4.74 Å². The molecule has 0 saturated heterocycles. The summed E-state index contributed by atoms with van der Waals surface area (Å²) in [6.07, 6.45) is 0. The maximum Gasteiger partial charge on any atom is 0.0587 e. The first-order valence-corrected chi connectivity index (χ1v) is 8.64. The molecule has 3 nitrogen and oxygen atoms in total. The molecule has 2 rings (SSSR count). The number of hydrogen-bond donors (Lipinski definition) is 1. The normalized spacial score (nSPS) is 10.8. The van der Waals surface area contributed by atoms with Crippen LogP contribution in [-0.4, -0.2) is 27.3 Å². The molecule has 114 valence electrons. The maximum atomic E-state index is 5.07. The standard InChI is InChI=1S/C16H21BrN2OS/c1-19(11-13-5-8-21-12-13)16-9-15(17)4-3-14(16)10-18-6-7-20-2/h3-5,8-9,12,18H,6-7,10-11H2,1-2H3. The second-order valence-electron chi connectivity index (χ2n) is 4.93. The molecule has 0 aliphatic carbocycles. The summed E-state index contributed by atoms with van der Waals surface area (Å²) in [7, 11) is 3.86. The molecule has 0 bridgehead atoms. The molecule has 1 heterocycles. The molecule has 2 aromatic rings. The van der Waals surface area contributed by atoms with Crippen LogP contribution in [0.4, 0.5) is 5.69 Å². The molecule has 0 amide bonds. The van der Waals surface area contributed by atoms with Gasteiger partial charge in [0.1, 0.15) is 0 Å². The van der Waals surface area contributed by atoms with Gasteiger partial charge in [-0.3, -0.25) is 0 Å². The number of thiophene rings is 1. The SMILES string of the molecule is COCCNCc1ccc(Br)cc1N(C)Cc1ccsc1. The van der Waals surface area contributed by atoms with Crippen molar-refractivity contribution in [2.75, 3.05) is 32.2 Å². The van der Waals surface area contributed by atoms with E-state index in [1.54, 1.807) is 18.4 Å². The van der Waals surface area contributed by atoms with Crippen LogP contribution < -0.4 is 10.2 Å². The molecule has 1 aromatic carbocycles. The number of methoxy groups -OCH3 is 1. The molecule has 21 heavy (non-hydrogen) atoms. The number of anilines is 1. The van der Waals surface area contributed by atoms with Crippen LogP contribution >= 0.6 is 27.3 Å². The van der Waals surface area contributed by atoms with E-state index in [0.29, 0.717) is 0 Å². The number of nitrogens with one attached hydrogen (secondary N) is 1. The van der Waals surface area contributed by atoms with E-state index in [2.05, 4.69) is 68.2 Å². The second kappa shape index (κ2) is 8.54. The zero-order valence-corrected chi connectivity index (χ0v) is 14.8. The van der Waals surface area contributed by atoms with Crippen molar-refractivity contribution in [1.82, 2.24) is 5.32 Å². The van der Waals surface area contributed by atoms with Crippen molar-refractivity contribution in [2.45, 2.75) is 13.1 Å². The van der Waals surface area contributed by atoms with Crippen molar-refractivity contribution in [1.29, 1.82) is 0 Å². The van der Waals surface area contributed by atoms with Gasteiger partial charge in [-0.05, 0) is 40.1 Å². The summed E-state index contributed by atoms with van der Waals surface area (Å²) >= 11 is 5.31. The van der Waals surface area contributed by atoms with E-state index in [-0.39, 0.29) is 0 Å². The predicted molar refractivity (Wildman–Crippen MR) is 94.2 cm³/mol. The molecule has 0 spiro atoms. The maximum absolute atomic E-state index is 5.07. The van der Waals surface area contributed by atoms with E-state index in [1.807, 2.05) is 0 Å². The largest absolute Gasteiger partial charge is 0.383 e. The summed E-state index contributed by atoms with van der Waals surface area (Å²) in [4.78, 5) is 2.29. The van der Waals surface area contributed by atoms with Gasteiger partial charge in [-0.15, -0.1) is 0 Å². The Morgan fingerprint density at radius 3 is 2.90 bits per heavy atom. The molecule has 0 radical (unpaired) electrons. The molecule has 5 heteroatoms. The van der Waals surface area contributed by atoms with E-state index < -0.39 is 0 Å². The summed E-state index contributed by atoms with van der Waals surface area (Å²) in [6.45, 7) is 3.36. The number of halogens is 1. The van der Waals surface area contributed by atoms with Gasteiger partial charge in [0.15, 0.2) is 0 Å². The summed E-state index contributed by atoms with van der Waals surface area (Å²) in [5, 5.41) is 7.73. The fraction of sp³-hybridized carbons (Fsp3) is 0.375. The molecular weight excluding hydrogens is 348 g/mol. The summed E-state index contributed by atoms with van der Waals surface area (Å²) in [5.41, 5.74) is 3.90. The van der Waals surface area contributed by atoms with Gasteiger partial charge in [0.2, 0.25) is 0 Å². The van der Waals surface area contributed by atoms with E-state index >= 15 is 0 Å². The van der Waals surface area contributed by atoms with Gasteiger partial charge in [-0.1, -0.05) is 22.0 Å². The molecular formula is C16H21BrN2OS. The minimum absolute atomic E-state index is 0.733. The Morgan fingerprint density at radius 2 is 2.19 bits per heavy atom. The van der Waals surface area contributed by atoms with Crippen molar-refractivity contribution >= 4 is 33.0 Å². The first-order chi connectivity index (χ1) is 10.2. The van der Waals surface area contributed by atoms with Crippen molar-refractivity contribution in [2.24, 2.45) is 0 Å². The lowest BCUT2D eigenvalue weighted by Gasteiger charge is -2.23. The lowest BCUT2D eigenvalue weighted by atomic mass is 10.1. The summed E-state index contributed by atoms with van der Waals surface area (Å²) < 4.78 is 6.17. The highest BCUT2D eigenvalue weighted by Crippen LogP contribution is 2.26. The summed E-state index contributed by atoms with van der Waals surface area (Å²) in [5.74, 6) is 0. The number of hydrogen-bond acceptors (Lipinski definition) is 4. The quantitative estimate of drug-likeness (QED) is 0.715. The van der Waals surface area contributed by atoms with Gasteiger partial charge in [0, 0.05) is 44.0 Å². The molecule has 0 saturated carbocycles. The monoisotopic (exact) mass is 368 g/mol. The Hall–Kier alpha value is -0.880. The van der Waals surface area contributed by atoms with Crippen LogP contribution in [0.5, 0.6) is 0 Å². The van der Waals surface area contributed by atoms with Gasteiger partial charge in [0.05, 0.1) is 6.61 Å². The third kappa shape index (κ3) is 5.11. The predicted octanol–water partition coefficient (Wildman–Crippen LogP) is 3.88. The molecule has 1 N–H and O–H groups in total. The number of nitrogens with zero attached hydrogens (tertiary/aromatic N) is 1. The Morgan fingerprint density at radius 1 is 1.33 bits per heavy atom. The van der Waals surface area contributed by atoms with E-state index in [9.17, 15) is 0 Å². The summed E-state index contributed by atoms with van der Waals surface area (Å²) in [6, 6.07) is 8.62. The Kier molecular flexibility index (Phi) is 6.70. The zero-order valence-electron chi connectivity index (χ0n) is 12.4. The van der Waals surface area contributed by atoms with Crippen LogP contribution in [0.25, 0.3) is 0 Å².